The van der Waals surface area contributed by atoms with Crippen molar-refractivity contribution in [1.82, 2.24) is 10.2 Å². The summed E-state index contributed by atoms with van der Waals surface area (Å²) in [4.78, 5) is 13.4. The molecule has 2 atom stereocenters. The highest BCUT2D eigenvalue weighted by Gasteiger charge is 2.40. The van der Waals surface area contributed by atoms with Crippen molar-refractivity contribution in [3.8, 4) is 0 Å². The van der Waals surface area contributed by atoms with Crippen molar-refractivity contribution in [3.05, 3.63) is 0 Å². The van der Waals surface area contributed by atoms with E-state index >= 15 is 0 Å². The largest absolute Gasteiger partial charge is 0.389 e. The number of carbonyl (C=O) groups excluding carboxylic acids is 1. The molecular formula is C10H15F3N2O. The lowest BCUT2D eigenvalue weighted by molar-refractivity contribution is -0.151. The van der Waals surface area contributed by atoms with Gasteiger partial charge in [0.2, 0.25) is 5.91 Å². The molecule has 1 N–H and O–H groups in total. The smallest absolute Gasteiger partial charge is 0.334 e. The standard InChI is InChI=1S/C10H15F3N2O/c11-10(12,13)4-3-9(16)15-7-1-2-8(15)6-14-5-7/h7-8,14H,1-6H2. The molecule has 0 saturated carbocycles. The van der Waals surface area contributed by atoms with Crippen LogP contribution in [-0.4, -0.2) is 42.2 Å². The molecule has 0 aromatic rings. The van der Waals surface area contributed by atoms with Crippen LogP contribution in [0.15, 0.2) is 0 Å². The number of nitrogens with zero attached hydrogens (tertiary/aromatic N) is 1. The first-order chi connectivity index (χ1) is 7.47. The van der Waals surface area contributed by atoms with Crippen LogP contribution in [0, 0.1) is 0 Å². The monoisotopic (exact) mass is 236 g/mol. The zero-order valence-corrected chi connectivity index (χ0v) is 8.89. The van der Waals surface area contributed by atoms with E-state index in [0.717, 1.165) is 12.8 Å². The number of rotatable bonds is 2. The first-order valence-corrected chi connectivity index (χ1v) is 5.56. The van der Waals surface area contributed by atoms with E-state index in [9.17, 15) is 18.0 Å². The number of nitrogens with one attached hydrogen (secondary N) is 1. The van der Waals surface area contributed by atoms with Crippen molar-refractivity contribution in [2.45, 2.75) is 43.9 Å². The van der Waals surface area contributed by atoms with E-state index < -0.39 is 19.0 Å². The summed E-state index contributed by atoms with van der Waals surface area (Å²) >= 11 is 0. The molecule has 6 heteroatoms. The minimum absolute atomic E-state index is 0.111. The Morgan fingerprint density at radius 2 is 1.81 bits per heavy atom. The lowest BCUT2D eigenvalue weighted by Gasteiger charge is -2.35. The minimum Gasteiger partial charge on any atom is -0.334 e. The van der Waals surface area contributed by atoms with Gasteiger partial charge < -0.3 is 10.2 Å². The molecule has 3 nitrogen and oxygen atoms in total. The molecule has 2 bridgehead atoms. The Bertz CT molecular complexity index is 264. The molecule has 2 unspecified atom stereocenters. The van der Waals surface area contributed by atoms with Crippen LogP contribution in [0.4, 0.5) is 13.2 Å². The van der Waals surface area contributed by atoms with Crippen molar-refractivity contribution in [2.75, 3.05) is 13.1 Å². The number of hydrogen-bond acceptors (Lipinski definition) is 2. The van der Waals surface area contributed by atoms with Crippen LogP contribution >= 0.6 is 0 Å². The second kappa shape index (κ2) is 4.24. The lowest BCUT2D eigenvalue weighted by Crippen LogP contribution is -2.54. The second-order valence-electron chi connectivity index (χ2n) is 4.46. The summed E-state index contributed by atoms with van der Waals surface area (Å²) in [6.07, 6.45) is -3.82. The first kappa shape index (κ1) is 11.7. The van der Waals surface area contributed by atoms with Crippen LogP contribution in [0.3, 0.4) is 0 Å². The maximum Gasteiger partial charge on any atom is 0.389 e. The molecule has 16 heavy (non-hydrogen) atoms. The van der Waals surface area contributed by atoms with Gasteiger partial charge in [-0.15, -0.1) is 0 Å². The third-order valence-corrected chi connectivity index (χ3v) is 3.29. The van der Waals surface area contributed by atoms with Gasteiger partial charge in [-0.2, -0.15) is 13.2 Å². The Morgan fingerprint density at radius 1 is 1.25 bits per heavy atom. The van der Waals surface area contributed by atoms with Gasteiger partial charge in [0, 0.05) is 31.6 Å². The van der Waals surface area contributed by atoms with Gasteiger partial charge in [0.1, 0.15) is 0 Å². The van der Waals surface area contributed by atoms with E-state index in [2.05, 4.69) is 5.32 Å². The maximum absolute atomic E-state index is 12.0. The Balaban J connectivity index is 1.90. The first-order valence-electron chi connectivity index (χ1n) is 5.56. The van der Waals surface area contributed by atoms with E-state index in [-0.39, 0.29) is 18.0 Å². The number of carbonyl (C=O) groups is 1. The summed E-state index contributed by atoms with van der Waals surface area (Å²) in [5.41, 5.74) is 0. The fourth-order valence-electron chi connectivity index (χ4n) is 2.56. The molecule has 2 saturated heterocycles. The van der Waals surface area contributed by atoms with Crippen molar-refractivity contribution in [1.29, 1.82) is 0 Å². The average molecular weight is 236 g/mol. The minimum atomic E-state index is -4.23. The van der Waals surface area contributed by atoms with Gasteiger partial charge in [0.25, 0.3) is 0 Å². The number of piperazine rings is 1. The van der Waals surface area contributed by atoms with E-state index in [0.29, 0.717) is 13.1 Å². The molecule has 92 valence electrons. The van der Waals surface area contributed by atoms with Crippen molar-refractivity contribution in [2.24, 2.45) is 0 Å². The maximum atomic E-state index is 12.0. The molecular weight excluding hydrogens is 221 g/mol. The molecule has 0 aliphatic carbocycles. The summed E-state index contributed by atoms with van der Waals surface area (Å²) in [5, 5.41) is 3.19. The van der Waals surface area contributed by atoms with Crippen LogP contribution in [0.5, 0.6) is 0 Å². The van der Waals surface area contributed by atoms with Gasteiger partial charge in [-0.3, -0.25) is 4.79 Å². The third-order valence-electron chi connectivity index (χ3n) is 3.29. The van der Waals surface area contributed by atoms with E-state index in [4.69, 9.17) is 0 Å². The van der Waals surface area contributed by atoms with Crippen LogP contribution in [0.25, 0.3) is 0 Å². The number of fused-ring (bicyclic) bond motifs is 2. The summed E-state index contributed by atoms with van der Waals surface area (Å²) in [5.74, 6) is -0.341. The summed E-state index contributed by atoms with van der Waals surface area (Å²) < 4.78 is 36.0. The van der Waals surface area contributed by atoms with Crippen LogP contribution in [-0.2, 0) is 4.79 Å². The van der Waals surface area contributed by atoms with Gasteiger partial charge in [-0.25, -0.2) is 0 Å². The molecule has 0 aromatic carbocycles. The number of alkyl halides is 3. The van der Waals surface area contributed by atoms with Crippen LogP contribution in [0.1, 0.15) is 25.7 Å². The van der Waals surface area contributed by atoms with Crippen molar-refractivity contribution < 1.29 is 18.0 Å². The Labute approximate surface area is 92.0 Å². The number of hydrogen-bond donors (Lipinski definition) is 1. The normalized spacial score (nSPS) is 29.6. The Hall–Kier alpha value is -0.780. The van der Waals surface area contributed by atoms with Gasteiger partial charge in [-0.1, -0.05) is 0 Å². The Kier molecular flexibility index (Phi) is 3.10. The fourth-order valence-corrected chi connectivity index (χ4v) is 2.56. The fraction of sp³-hybridized carbons (Fsp3) is 0.900. The quantitative estimate of drug-likeness (QED) is 0.783. The van der Waals surface area contributed by atoms with Crippen molar-refractivity contribution >= 4 is 5.91 Å². The van der Waals surface area contributed by atoms with Gasteiger partial charge >= 0.3 is 6.18 Å². The molecule has 2 aliphatic rings. The Morgan fingerprint density at radius 3 is 2.31 bits per heavy atom. The van der Waals surface area contributed by atoms with E-state index in [1.165, 1.54) is 0 Å². The zero-order valence-electron chi connectivity index (χ0n) is 8.89. The molecule has 2 heterocycles. The summed E-state index contributed by atoms with van der Waals surface area (Å²) in [6.45, 7) is 1.43. The topological polar surface area (TPSA) is 32.3 Å². The summed E-state index contributed by atoms with van der Waals surface area (Å²) in [7, 11) is 0. The predicted molar refractivity (Wildman–Crippen MR) is 51.8 cm³/mol. The highest BCUT2D eigenvalue weighted by Crippen LogP contribution is 2.29. The number of amides is 1. The predicted octanol–water partition coefficient (Wildman–Crippen LogP) is 1.29. The second-order valence-corrected chi connectivity index (χ2v) is 4.46. The SMILES string of the molecule is O=C(CCC(F)(F)F)N1C2CCC1CNC2. The van der Waals surface area contributed by atoms with Gasteiger partial charge in [0.15, 0.2) is 0 Å². The van der Waals surface area contributed by atoms with Crippen molar-refractivity contribution in [3.63, 3.8) is 0 Å². The van der Waals surface area contributed by atoms with Gasteiger partial charge in [-0.05, 0) is 12.8 Å². The molecule has 1 amide bonds. The third kappa shape index (κ3) is 2.48. The molecule has 2 aliphatic heterocycles. The molecule has 0 spiro atoms. The van der Waals surface area contributed by atoms with E-state index in [1.807, 2.05) is 0 Å². The average Bonchev–Trinajstić information content (AvgIpc) is 2.44. The molecule has 2 rings (SSSR count). The van der Waals surface area contributed by atoms with Gasteiger partial charge in [0.05, 0.1) is 6.42 Å². The number of halogens is 3. The zero-order chi connectivity index (χ0) is 11.8. The molecule has 0 aromatic heterocycles. The van der Waals surface area contributed by atoms with Crippen LogP contribution in [0.2, 0.25) is 0 Å². The highest BCUT2D eigenvalue weighted by atomic mass is 19.4. The molecule has 0 radical (unpaired) electrons. The lowest BCUT2D eigenvalue weighted by atomic mass is 10.2. The highest BCUT2D eigenvalue weighted by molar-refractivity contribution is 5.77. The van der Waals surface area contributed by atoms with Crippen LogP contribution < -0.4 is 5.32 Å². The molecule has 2 fully saturated rings. The summed E-state index contributed by atoms with van der Waals surface area (Å²) in [6, 6.07) is 0.221. The van der Waals surface area contributed by atoms with E-state index in [1.54, 1.807) is 4.90 Å².